The number of rotatable bonds is 6. The summed E-state index contributed by atoms with van der Waals surface area (Å²) in [6.45, 7) is 1.75. The number of ether oxygens (including phenoxy) is 1. The van der Waals surface area contributed by atoms with E-state index in [2.05, 4.69) is 5.32 Å². The third-order valence-electron chi connectivity index (χ3n) is 3.29. The van der Waals surface area contributed by atoms with Crippen LogP contribution in [-0.4, -0.2) is 29.8 Å². The Morgan fingerprint density at radius 3 is 2.50 bits per heavy atom. The van der Waals surface area contributed by atoms with E-state index in [-0.39, 0.29) is 0 Å². The first kappa shape index (κ1) is 12.9. The molecule has 0 amide bonds. The van der Waals surface area contributed by atoms with Gasteiger partial charge in [0.15, 0.2) is 0 Å². The first-order valence-electron chi connectivity index (χ1n) is 6.17. The van der Waals surface area contributed by atoms with Gasteiger partial charge >= 0.3 is 5.97 Å². The van der Waals surface area contributed by atoms with Gasteiger partial charge in [0.2, 0.25) is 0 Å². The lowest BCUT2D eigenvalue weighted by molar-refractivity contribution is -0.144. The number of carboxylic acids is 1. The molecule has 0 radical (unpaired) electrons. The standard InChI is InChI=1S/C14H19NO3/c1-14(13(16)17,15-11-5-6-11)9-10-3-7-12(18-2)8-4-10/h3-4,7-8,11,15H,5-6,9H2,1-2H3,(H,16,17). The fourth-order valence-corrected chi connectivity index (χ4v) is 2.02. The highest BCUT2D eigenvalue weighted by Crippen LogP contribution is 2.25. The van der Waals surface area contributed by atoms with Crippen LogP contribution in [0.3, 0.4) is 0 Å². The number of nitrogens with one attached hydrogen (secondary N) is 1. The van der Waals surface area contributed by atoms with Crippen molar-refractivity contribution in [3.8, 4) is 5.75 Å². The summed E-state index contributed by atoms with van der Waals surface area (Å²) in [4.78, 5) is 11.4. The van der Waals surface area contributed by atoms with Crippen molar-refractivity contribution in [2.75, 3.05) is 7.11 Å². The molecular formula is C14H19NO3. The molecule has 1 fully saturated rings. The summed E-state index contributed by atoms with van der Waals surface area (Å²) < 4.78 is 5.09. The second-order valence-electron chi connectivity index (χ2n) is 5.08. The topological polar surface area (TPSA) is 58.6 Å². The third-order valence-corrected chi connectivity index (χ3v) is 3.29. The van der Waals surface area contributed by atoms with E-state index in [0.29, 0.717) is 12.5 Å². The van der Waals surface area contributed by atoms with Crippen LogP contribution in [0.1, 0.15) is 25.3 Å². The van der Waals surface area contributed by atoms with Gasteiger partial charge in [0.1, 0.15) is 11.3 Å². The summed E-state index contributed by atoms with van der Waals surface area (Å²) in [5.41, 5.74) is 0.101. The number of hydrogen-bond acceptors (Lipinski definition) is 3. The van der Waals surface area contributed by atoms with Crippen LogP contribution in [-0.2, 0) is 11.2 Å². The Hall–Kier alpha value is -1.55. The van der Waals surface area contributed by atoms with Gasteiger partial charge in [-0.05, 0) is 37.5 Å². The monoisotopic (exact) mass is 249 g/mol. The molecule has 4 nitrogen and oxygen atoms in total. The Bertz CT molecular complexity index is 425. The van der Waals surface area contributed by atoms with Crippen molar-refractivity contribution in [2.45, 2.75) is 37.8 Å². The minimum atomic E-state index is -0.893. The maximum atomic E-state index is 11.4. The van der Waals surface area contributed by atoms with Gasteiger partial charge in [-0.1, -0.05) is 12.1 Å². The highest BCUT2D eigenvalue weighted by molar-refractivity contribution is 5.78. The van der Waals surface area contributed by atoms with E-state index in [9.17, 15) is 9.90 Å². The summed E-state index contributed by atoms with van der Waals surface area (Å²) in [6.07, 6.45) is 2.62. The number of hydrogen-bond donors (Lipinski definition) is 2. The average molecular weight is 249 g/mol. The van der Waals surface area contributed by atoms with E-state index < -0.39 is 11.5 Å². The maximum Gasteiger partial charge on any atom is 0.323 e. The van der Waals surface area contributed by atoms with Crippen LogP contribution in [0.4, 0.5) is 0 Å². The molecule has 1 aliphatic rings. The Kier molecular flexibility index (Phi) is 3.57. The molecule has 2 rings (SSSR count). The molecular weight excluding hydrogens is 230 g/mol. The molecule has 0 saturated heterocycles. The van der Waals surface area contributed by atoms with Crippen molar-refractivity contribution in [1.82, 2.24) is 5.32 Å². The molecule has 0 aliphatic heterocycles. The Morgan fingerprint density at radius 1 is 1.44 bits per heavy atom. The molecule has 1 atom stereocenters. The summed E-state index contributed by atoms with van der Waals surface area (Å²) in [5.74, 6) is -0.0175. The van der Waals surface area contributed by atoms with Crippen LogP contribution in [0.5, 0.6) is 5.75 Å². The SMILES string of the molecule is COc1ccc(CC(C)(NC2CC2)C(=O)O)cc1. The molecule has 0 bridgehead atoms. The smallest absolute Gasteiger partial charge is 0.323 e. The lowest BCUT2D eigenvalue weighted by Crippen LogP contribution is -2.52. The van der Waals surface area contributed by atoms with Gasteiger partial charge in [-0.15, -0.1) is 0 Å². The van der Waals surface area contributed by atoms with Gasteiger partial charge in [-0.3, -0.25) is 10.1 Å². The van der Waals surface area contributed by atoms with Gasteiger partial charge in [0.05, 0.1) is 7.11 Å². The van der Waals surface area contributed by atoms with E-state index in [4.69, 9.17) is 4.74 Å². The zero-order chi connectivity index (χ0) is 13.2. The second-order valence-corrected chi connectivity index (χ2v) is 5.08. The van der Waals surface area contributed by atoms with Crippen LogP contribution in [0.15, 0.2) is 24.3 Å². The molecule has 0 aromatic heterocycles. The summed E-state index contributed by atoms with van der Waals surface area (Å²) in [5, 5.41) is 12.6. The van der Waals surface area contributed by atoms with Gasteiger partial charge in [0.25, 0.3) is 0 Å². The summed E-state index contributed by atoms with van der Waals surface area (Å²) in [7, 11) is 1.62. The molecule has 2 N–H and O–H groups in total. The number of carbonyl (C=O) groups is 1. The third kappa shape index (κ3) is 3.01. The van der Waals surface area contributed by atoms with E-state index in [1.165, 1.54) is 0 Å². The molecule has 1 saturated carbocycles. The van der Waals surface area contributed by atoms with Gasteiger partial charge in [-0.2, -0.15) is 0 Å². The predicted octanol–water partition coefficient (Wildman–Crippen LogP) is 1.83. The molecule has 1 aromatic rings. The normalized spacial score (nSPS) is 18.1. The van der Waals surface area contributed by atoms with Crippen molar-refractivity contribution in [2.24, 2.45) is 0 Å². The molecule has 1 aromatic carbocycles. The first-order chi connectivity index (χ1) is 8.53. The first-order valence-corrected chi connectivity index (χ1v) is 6.17. The highest BCUT2D eigenvalue weighted by atomic mass is 16.5. The molecule has 98 valence electrons. The van der Waals surface area contributed by atoms with Crippen molar-refractivity contribution in [3.05, 3.63) is 29.8 Å². The molecule has 1 aliphatic carbocycles. The van der Waals surface area contributed by atoms with Crippen LogP contribution >= 0.6 is 0 Å². The zero-order valence-corrected chi connectivity index (χ0v) is 10.8. The van der Waals surface area contributed by atoms with Crippen molar-refractivity contribution >= 4 is 5.97 Å². The largest absolute Gasteiger partial charge is 0.497 e. The van der Waals surface area contributed by atoms with Crippen LogP contribution in [0.2, 0.25) is 0 Å². The van der Waals surface area contributed by atoms with E-state index in [1.807, 2.05) is 24.3 Å². The lowest BCUT2D eigenvalue weighted by atomic mass is 9.92. The van der Waals surface area contributed by atoms with Crippen molar-refractivity contribution in [1.29, 1.82) is 0 Å². The molecule has 1 unspecified atom stereocenters. The van der Waals surface area contributed by atoms with Crippen molar-refractivity contribution in [3.63, 3.8) is 0 Å². The lowest BCUT2D eigenvalue weighted by Gasteiger charge is -2.26. The van der Waals surface area contributed by atoms with Gasteiger partial charge in [0, 0.05) is 12.5 Å². The second kappa shape index (κ2) is 4.98. The zero-order valence-electron chi connectivity index (χ0n) is 10.8. The fourth-order valence-electron chi connectivity index (χ4n) is 2.02. The highest BCUT2D eigenvalue weighted by Gasteiger charge is 2.38. The Morgan fingerprint density at radius 2 is 2.06 bits per heavy atom. The summed E-state index contributed by atoms with van der Waals surface area (Å²) >= 11 is 0. The van der Waals surface area contributed by atoms with Gasteiger partial charge < -0.3 is 9.84 Å². The number of carboxylic acid groups (broad SMARTS) is 1. The number of aliphatic carboxylic acids is 1. The van der Waals surface area contributed by atoms with E-state index in [0.717, 1.165) is 24.2 Å². The molecule has 18 heavy (non-hydrogen) atoms. The van der Waals surface area contributed by atoms with Gasteiger partial charge in [-0.25, -0.2) is 0 Å². The van der Waals surface area contributed by atoms with Crippen molar-refractivity contribution < 1.29 is 14.6 Å². The maximum absolute atomic E-state index is 11.4. The molecule has 0 spiro atoms. The quantitative estimate of drug-likeness (QED) is 0.807. The fraction of sp³-hybridized carbons (Fsp3) is 0.500. The number of methoxy groups -OCH3 is 1. The van der Waals surface area contributed by atoms with E-state index >= 15 is 0 Å². The Labute approximate surface area is 107 Å². The minimum Gasteiger partial charge on any atom is -0.497 e. The van der Waals surface area contributed by atoms with Crippen LogP contribution < -0.4 is 10.1 Å². The Balaban J connectivity index is 2.09. The van der Waals surface area contributed by atoms with Crippen LogP contribution in [0.25, 0.3) is 0 Å². The minimum absolute atomic E-state index is 0.365. The molecule has 0 heterocycles. The average Bonchev–Trinajstić information content (AvgIpc) is 3.13. The van der Waals surface area contributed by atoms with Crippen LogP contribution in [0, 0.1) is 0 Å². The molecule has 4 heteroatoms. The predicted molar refractivity (Wildman–Crippen MR) is 68.9 cm³/mol. The number of benzene rings is 1. The van der Waals surface area contributed by atoms with E-state index in [1.54, 1.807) is 14.0 Å². The summed E-state index contributed by atoms with van der Waals surface area (Å²) in [6, 6.07) is 7.90.